The first-order valence-corrected chi connectivity index (χ1v) is 8.97. The number of hydrogen-bond donors (Lipinski definition) is 1. The normalized spacial score (nSPS) is 11.0. The van der Waals surface area contributed by atoms with Crippen LogP contribution in [0, 0.1) is 0 Å². The van der Waals surface area contributed by atoms with Gasteiger partial charge in [0.2, 0.25) is 5.78 Å². The predicted molar refractivity (Wildman–Crippen MR) is 104 cm³/mol. The number of aryl methyl sites for hydroxylation is 1. The zero-order valence-corrected chi connectivity index (χ0v) is 15.4. The summed E-state index contributed by atoms with van der Waals surface area (Å²) >= 11 is 6.13. The summed E-state index contributed by atoms with van der Waals surface area (Å²) in [6.07, 6.45) is 6.03. The molecule has 27 heavy (non-hydrogen) atoms. The van der Waals surface area contributed by atoms with Crippen LogP contribution >= 0.6 is 11.6 Å². The number of nitrogens with one attached hydrogen (secondary N) is 1. The van der Waals surface area contributed by atoms with Crippen molar-refractivity contribution < 1.29 is 4.79 Å². The van der Waals surface area contributed by atoms with Gasteiger partial charge in [-0.25, -0.2) is 4.98 Å². The Morgan fingerprint density at radius 3 is 2.78 bits per heavy atom. The Labute approximate surface area is 160 Å². The van der Waals surface area contributed by atoms with E-state index in [1.54, 1.807) is 10.7 Å². The summed E-state index contributed by atoms with van der Waals surface area (Å²) in [7, 11) is 0. The summed E-state index contributed by atoms with van der Waals surface area (Å²) in [5, 5.41) is 7.23. The molecule has 7 nitrogen and oxygen atoms in total. The third-order valence-corrected chi connectivity index (χ3v) is 4.36. The van der Waals surface area contributed by atoms with Crippen molar-refractivity contribution in [2.45, 2.75) is 19.9 Å². The number of benzene rings is 1. The first kappa shape index (κ1) is 17.2. The Kier molecular flexibility index (Phi) is 4.60. The van der Waals surface area contributed by atoms with Crippen LogP contribution in [0.2, 0.25) is 5.02 Å². The second-order valence-corrected chi connectivity index (χ2v) is 6.44. The molecule has 0 aliphatic rings. The van der Waals surface area contributed by atoms with Crippen LogP contribution in [0.5, 0.6) is 0 Å². The standard InChI is InChI=1S/C19H17ClN6O/c1-2-9-26-17(14(20)11-21-26)18(27)23-16-8-10-25-12-15(22-19(25)24-16)13-6-4-3-5-7-13/h3-8,10-12H,2,9H2,1H3,(H,22,23,24,27). The van der Waals surface area contributed by atoms with E-state index in [9.17, 15) is 4.79 Å². The number of nitrogens with zero attached hydrogens (tertiary/aromatic N) is 5. The Morgan fingerprint density at radius 1 is 1.19 bits per heavy atom. The maximum absolute atomic E-state index is 12.6. The van der Waals surface area contributed by atoms with E-state index in [-0.39, 0.29) is 5.91 Å². The van der Waals surface area contributed by atoms with Gasteiger partial charge >= 0.3 is 0 Å². The molecule has 136 valence electrons. The maximum Gasteiger partial charge on any atom is 0.276 e. The molecular formula is C19H17ClN6O. The average Bonchev–Trinajstić information content (AvgIpc) is 3.26. The van der Waals surface area contributed by atoms with Crippen LogP contribution in [0.3, 0.4) is 0 Å². The van der Waals surface area contributed by atoms with E-state index in [0.717, 1.165) is 17.7 Å². The van der Waals surface area contributed by atoms with Crippen LogP contribution < -0.4 is 5.32 Å². The third kappa shape index (κ3) is 3.41. The monoisotopic (exact) mass is 380 g/mol. The molecule has 0 bridgehead atoms. The van der Waals surface area contributed by atoms with E-state index in [2.05, 4.69) is 20.4 Å². The molecule has 0 unspecified atom stereocenters. The minimum atomic E-state index is -0.349. The van der Waals surface area contributed by atoms with Gasteiger partial charge in [-0.2, -0.15) is 10.1 Å². The van der Waals surface area contributed by atoms with E-state index < -0.39 is 0 Å². The highest BCUT2D eigenvalue weighted by molar-refractivity contribution is 6.34. The Bertz CT molecular complexity index is 1100. The lowest BCUT2D eigenvalue weighted by molar-refractivity contribution is 0.101. The molecule has 1 aromatic carbocycles. The van der Waals surface area contributed by atoms with Crippen molar-refractivity contribution in [3.05, 3.63) is 65.7 Å². The number of anilines is 1. The molecule has 0 radical (unpaired) electrons. The van der Waals surface area contributed by atoms with Crippen LogP contribution in [0.15, 0.2) is 55.0 Å². The lowest BCUT2D eigenvalue weighted by atomic mass is 10.2. The number of hydrogen-bond acceptors (Lipinski definition) is 4. The Morgan fingerprint density at radius 2 is 2.00 bits per heavy atom. The summed E-state index contributed by atoms with van der Waals surface area (Å²) in [5.74, 6) is 0.551. The van der Waals surface area contributed by atoms with Crippen molar-refractivity contribution >= 4 is 29.1 Å². The molecule has 0 aliphatic heterocycles. The molecule has 4 aromatic rings. The fourth-order valence-corrected chi connectivity index (χ4v) is 3.06. The summed E-state index contributed by atoms with van der Waals surface area (Å²) in [4.78, 5) is 21.6. The van der Waals surface area contributed by atoms with Crippen molar-refractivity contribution in [1.82, 2.24) is 24.1 Å². The minimum Gasteiger partial charge on any atom is -0.305 e. The Balaban J connectivity index is 1.61. The summed E-state index contributed by atoms with van der Waals surface area (Å²) in [5.41, 5.74) is 2.15. The average molecular weight is 381 g/mol. The quantitative estimate of drug-likeness (QED) is 0.569. The van der Waals surface area contributed by atoms with Crippen LogP contribution in [-0.4, -0.2) is 30.1 Å². The topological polar surface area (TPSA) is 77.1 Å². The van der Waals surface area contributed by atoms with Gasteiger partial charge in [-0.1, -0.05) is 48.9 Å². The van der Waals surface area contributed by atoms with Crippen LogP contribution in [-0.2, 0) is 6.54 Å². The maximum atomic E-state index is 12.6. The van der Waals surface area contributed by atoms with Crippen molar-refractivity contribution in [3.63, 3.8) is 0 Å². The number of aromatic nitrogens is 5. The lowest BCUT2D eigenvalue weighted by Gasteiger charge is -2.07. The van der Waals surface area contributed by atoms with Gasteiger partial charge in [0.15, 0.2) is 0 Å². The van der Waals surface area contributed by atoms with Crippen molar-refractivity contribution in [2.24, 2.45) is 0 Å². The van der Waals surface area contributed by atoms with Gasteiger partial charge < -0.3 is 5.32 Å². The molecule has 1 amide bonds. The number of imidazole rings is 1. The second-order valence-electron chi connectivity index (χ2n) is 6.03. The molecule has 0 fully saturated rings. The molecule has 1 N–H and O–H groups in total. The highest BCUT2D eigenvalue weighted by atomic mass is 35.5. The number of carbonyl (C=O) groups excluding carboxylic acids is 1. The van der Waals surface area contributed by atoms with Crippen LogP contribution in [0.25, 0.3) is 17.0 Å². The molecule has 0 spiro atoms. The summed E-state index contributed by atoms with van der Waals surface area (Å²) in [6, 6.07) is 11.6. The van der Waals surface area contributed by atoms with E-state index >= 15 is 0 Å². The van der Waals surface area contributed by atoms with E-state index in [1.807, 2.05) is 54.0 Å². The van der Waals surface area contributed by atoms with Gasteiger partial charge in [0.1, 0.15) is 11.5 Å². The van der Waals surface area contributed by atoms with Gasteiger partial charge in [-0.3, -0.25) is 13.9 Å². The van der Waals surface area contributed by atoms with Gasteiger partial charge in [0, 0.05) is 24.5 Å². The predicted octanol–water partition coefficient (Wildman–Crippen LogP) is 3.91. The number of fused-ring (bicyclic) bond motifs is 1. The highest BCUT2D eigenvalue weighted by Gasteiger charge is 2.18. The smallest absolute Gasteiger partial charge is 0.276 e. The molecule has 0 aliphatic carbocycles. The molecule has 8 heteroatoms. The molecule has 0 saturated heterocycles. The zero-order valence-electron chi connectivity index (χ0n) is 14.6. The fraction of sp³-hybridized carbons (Fsp3) is 0.158. The van der Waals surface area contributed by atoms with Gasteiger partial charge in [0.05, 0.1) is 16.9 Å². The molecule has 3 aromatic heterocycles. The first-order valence-electron chi connectivity index (χ1n) is 8.59. The molecular weight excluding hydrogens is 364 g/mol. The molecule has 0 saturated carbocycles. The highest BCUT2D eigenvalue weighted by Crippen LogP contribution is 2.20. The van der Waals surface area contributed by atoms with Crippen molar-refractivity contribution in [2.75, 3.05) is 5.32 Å². The number of carbonyl (C=O) groups is 1. The molecule has 3 heterocycles. The second kappa shape index (κ2) is 7.20. The van der Waals surface area contributed by atoms with Crippen molar-refractivity contribution in [3.8, 4) is 11.3 Å². The fourth-order valence-electron chi connectivity index (χ4n) is 2.83. The molecule has 4 rings (SSSR count). The first-order chi connectivity index (χ1) is 13.2. The van der Waals surface area contributed by atoms with E-state index in [4.69, 9.17) is 11.6 Å². The Hall–Kier alpha value is -3.19. The summed E-state index contributed by atoms with van der Waals surface area (Å²) < 4.78 is 3.41. The largest absolute Gasteiger partial charge is 0.305 e. The SMILES string of the molecule is CCCn1ncc(Cl)c1C(=O)Nc1ccn2cc(-c3ccccc3)nc2n1. The minimum absolute atomic E-state index is 0.314. The van der Waals surface area contributed by atoms with Crippen LogP contribution in [0.4, 0.5) is 5.82 Å². The third-order valence-electron chi connectivity index (χ3n) is 4.08. The van der Waals surface area contributed by atoms with E-state index in [0.29, 0.717) is 28.9 Å². The van der Waals surface area contributed by atoms with E-state index in [1.165, 1.54) is 6.20 Å². The number of amides is 1. The number of halogens is 1. The van der Waals surface area contributed by atoms with Crippen molar-refractivity contribution in [1.29, 1.82) is 0 Å². The number of rotatable bonds is 5. The molecule has 0 atom stereocenters. The van der Waals surface area contributed by atoms with Crippen LogP contribution in [0.1, 0.15) is 23.8 Å². The lowest BCUT2D eigenvalue weighted by Crippen LogP contribution is -2.19. The van der Waals surface area contributed by atoms with Gasteiger partial charge in [-0.15, -0.1) is 0 Å². The zero-order chi connectivity index (χ0) is 18.8. The summed E-state index contributed by atoms with van der Waals surface area (Å²) in [6.45, 7) is 2.62. The van der Waals surface area contributed by atoms with Gasteiger partial charge in [0.25, 0.3) is 5.91 Å². The van der Waals surface area contributed by atoms with Gasteiger partial charge in [-0.05, 0) is 12.5 Å².